The van der Waals surface area contributed by atoms with Crippen molar-refractivity contribution in [3.8, 4) is 0 Å². The number of rotatable bonds is 5. The second kappa shape index (κ2) is 5.59. The lowest BCUT2D eigenvalue weighted by molar-refractivity contribution is 0.0697. The Hall–Kier alpha value is -1.95. The second-order valence-electron chi connectivity index (χ2n) is 3.61. The summed E-state index contributed by atoms with van der Waals surface area (Å²) in [5.41, 5.74) is -0.152. The molecule has 0 aromatic carbocycles. The highest BCUT2D eigenvalue weighted by molar-refractivity contribution is 7.09. The number of thiophene rings is 1. The molecule has 0 bridgehead atoms. The van der Waals surface area contributed by atoms with Gasteiger partial charge in [-0.15, -0.1) is 11.3 Å². The van der Waals surface area contributed by atoms with Crippen molar-refractivity contribution in [1.82, 2.24) is 4.98 Å². The van der Waals surface area contributed by atoms with Crippen LogP contribution in [0, 0.1) is 5.82 Å². The number of nitrogens with zero attached hydrogens (tertiary/aromatic N) is 1. The first kappa shape index (κ1) is 12.5. The highest BCUT2D eigenvalue weighted by atomic mass is 32.1. The number of carbonyl (C=O) groups is 1. The molecule has 0 amide bonds. The molecule has 0 radical (unpaired) electrons. The number of nitrogens with one attached hydrogen (secondary N) is 1. The van der Waals surface area contributed by atoms with Crippen molar-refractivity contribution in [3.05, 3.63) is 46.0 Å². The van der Waals surface area contributed by atoms with Gasteiger partial charge in [-0.25, -0.2) is 14.2 Å². The molecule has 94 valence electrons. The highest BCUT2D eigenvalue weighted by Gasteiger charge is 2.12. The lowest BCUT2D eigenvalue weighted by Gasteiger charge is -2.07. The maximum Gasteiger partial charge on any atom is 0.339 e. The Balaban J connectivity index is 2.02. The van der Waals surface area contributed by atoms with Crippen LogP contribution in [0.1, 0.15) is 15.2 Å². The van der Waals surface area contributed by atoms with Gasteiger partial charge in [-0.3, -0.25) is 0 Å². The maximum absolute atomic E-state index is 12.9. The Labute approximate surface area is 107 Å². The standard InChI is InChI=1S/C12H11FN2O2S/c13-8-6-10(12(16)17)11(15-7-8)14-4-3-9-2-1-5-18-9/h1-2,5-7H,3-4H2,(H,14,15)(H,16,17). The van der Waals surface area contributed by atoms with E-state index in [1.54, 1.807) is 11.3 Å². The first-order chi connectivity index (χ1) is 8.66. The monoisotopic (exact) mass is 266 g/mol. The number of anilines is 1. The van der Waals surface area contributed by atoms with E-state index in [1.807, 2.05) is 17.5 Å². The molecule has 2 N–H and O–H groups in total. The van der Waals surface area contributed by atoms with Crippen LogP contribution in [0.4, 0.5) is 10.2 Å². The van der Waals surface area contributed by atoms with Crippen molar-refractivity contribution in [1.29, 1.82) is 0 Å². The molecule has 0 unspecified atom stereocenters. The maximum atomic E-state index is 12.9. The normalized spacial score (nSPS) is 10.3. The fourth-order valence-corrected chi connectivity index (χ4v) is 2.21. The van der Waals surface area contributed by atoms with E-state index in [9.17, 15) is 9.18 Å². The Morgan fingerprint density at radius 3 is 3.06 bits per heavy atom. The van der Waals surface area contributed by atoms with Crippen molar-refractivity contribution >= 4 is 23.1 Å². The molecular formula is C12H11FN2O2S. The number of aromatic carboxylic acids is 1. The molecule has 4 nitrogen and oxygen atoms in total. The molecular weight excluding hydrogens is 255 g/mol. The van der Waals surface area contributed by atoms with Crippen LogP contribution in [-0.2, 0) is 6.42 Å². The zero-order valence-corrected chi connectivity index (χ0v) is 10.2. The third-order valence-electron chi connectivity index (χ3n) is 2.33. The van der Waals surface area contributed by atoms with Crippen LogP contribution in [-0.4, -0.2) is 22.6 Å². The van der Waals surface area contributed by atoms with Gasteiger partial charge in [0.05, 0.1) is 6.20 Å². The third-order valence-corrected chi connectivity index (χ3v) is 3.26. The van der Waals surface area contributed by atoms with Crippen LogP contribution in [0.2, 0.25) is 0 Å². The van der Waals surface area contributed by atoms with E-state index in [0.29, 0.717) is 6.54 Å². The van der Waals surface area contributed by atoms with Gasteiger partial charge in [-0.1, -0.05) is 6.07 Å². The second-order valence-corrected chi connectivity index (χ2v) is 4.64. The van der Waals surface area contributed by atoms with Crippen molar-refractivity contribution < 1.29 is 14.3 Å². The van der Waals surface area contributed by atoms with Gasteiger partial charge in [0.2, 0.25) is 0 Å². The number of carboxylic acid groups (broad SMARTS) is 1. The number of hydrogen-bond acceptors (Lipinski definition) is 4. The molecule has 0 saturated heterocycles. The lowest BCUT2D eigenvalue weighted by Crippen LogP contribution is -2.11. The first-order valence-electron chi connectivity index (χ1n) is 5.32. The predicted molar refractivity (Wildman–Crippen MR) is 67.7 cm³/mol. The van der Waals surface area contributed by atoms with Gasteiger partial charge in [-0.2, -0.15) is 0 Å². The summed E-state index contributed by atoms with van der Waals surface area (Å²) in [5.74, 6) is -1.66. The number of carboxylic acids is 1. The number of hydrogen-bond donors (Lipinski definition) is 2. The summed E-state index contributed by atoms with van der Waals surface area (Å²) in [6.07, 6.45) is 1.77. The van der Waals surface area contributed by atoms with Crippen LogP contribution in [0.3, 0.4) is 0 Å². The van der Waals surface area contributed by atoms with Crippen LogP contribution < -0.4 is 5.32 Å². The molecule has 0 aliphatic heterocycles. The SMILES string of the molecule is O=C(O)c1cc(F)cnc1NCCc1cccs1. The van der Waals surface area contributed by atoms with E-state index in [2.05, 4.69) is 10.3 Å². The van der Waals surface area contributed by atoms with Crippen LogP contribution >= 0.6 is 11.3 Å². The molecule has 0 fully saturated rings. The molecule has 2 rings (SSSR count). The molecule has 2 aromatic heterocycles. The van der Waals surface area contributed by atoms with E-state index >= 15 is 0 Å². The highest BCUT2D eigenvalue weighted by Crippen LogP contribution is 2.14. The summed E-state index contributed by atoms with van der Waals surface area (Å²) in [4.78, 5) is 15.9. The average Bonchev–Trinajstić information content (AvgIpc) is 2.84. The molecule has 6 heteroatoms. The summed E-state index contributed by atoms with van der Waals surface area (Å²) in [6, 6.07) is 4.92. The zero-order chi connectivity index (χ0) is 13.0. The Kier molecular flexibility index (Phi) is 3.88. The number of halogens is 1. The Morgan fingerprint density at radius 2 is 2.39 bits per heavy atom. The van der Waals surface area contributed by atoms with Gasteiger partial charge in [0.1, 0.15) is 17.2 Å². The van der Waals surface area contributed by atoms with E-state index in [4.69, 9.17) is 5.11 Å². The van der Waals surface area contributed by atoms with Crippen molar-refractivity contribution in [2.75, 3.05) is 11.9 Å². The number of aromatic nitrogens is 1. The summed E-state index contributed by atoms with van der Waals surface area (Å²) in [5, 5.41) is 13.8. The molecule has 0 atom stereocenters. The van der Waals surface area contributed by atoms with Crippen LogP contribution in [0.25, 0.3) is 0 Å². The van der Waals surface area contributed by atoms with Gasteiger partial charge in [-0.05, 0) is 23.9 Å². The van der Waals surface area contributed by atoms with E-state index in [0.717, 1.165) is 18.7 Å². The first-order valence-corrected chi connectivity index (χ1v) is 6.20. The van der Waals surface area contributed by atoms with E-state index in [-0.39, 0.29) is 11.4 Å². The quantitative estimate of drug-likeness (QED) is 0.873. The fraction of sp³-hybridized carbons (Fsp3) is 0.167. The lowest BCUT2D eigenvalue weighted by atomic mass is 10.2. The van der Waals surface area contributed by atoms with Gasteiger partial charge in [0.15, 0.2) is 0 Å². The van der Waals surface area contributed by atoms with Gasteiger partial charge in [0.25, 0.3) is 0 Å². The Bertz CT molecular complexity index is 543. The topological polar surface area (TPSA) is 62.2 Å². The van der Waals surface area contributed by atoms with E-state index in [1.165, 1.54) is 4.88 Å². The third kappa shape index (κ3) is 3.04. The van der Waals surface area contributed by atoms with Crippen molar-refractivity contribution in [3.63, 3.8) is 0 Å². The van der Waals surface area contributed by atoms with Gasteiger partial charge >= 0.3 is 5.97 Å². The molecule has 0 saturated carbocycles. The van der Waals surface area contributed by atoms with E-state index < -0.39 is 11.8 Å². The molecule has 2 aromatic rings. The average molecular weight is 266 g/mol. The summed E-state index contributed by atoms with van der Waals surface area (Å²) in [6.45, 7) is 0.555. The van der Waals surface area contributed by atoms with Crippen LogP contribution in [0.5, 0.6) is 0 Å². The summed E-state index contributed by atoms with van der Waals surface area (Å²) < 4.78 is 12.9. The van der Waals surface area contributed by atoms with Crippen molar-refractivity contribution in [2.24, 2.45) is 0 Å². The smallest absolute Gasteiger partial charge is 0.339 e. The predicted octanol–water partition coefficient (Wildman–Crippen LogP) is 2.64. The largest absolute Gasteiger partial charge is 0.478 e. The zero-order valence-electron chi connectivity index (χ0n) is 9.39. The molecule has 2 heterocycles. The molecule has 0 spiro atoms. The van der Waals surface area contributed by atoms with Gasteiger partial charge < -0.3 is 10.4 Å². The minimum Gasteiger partial charge on any atom is -0.478 e. The van der Waals surface area contributed by atoms with Gasteiger partial charge in [0, 0.05) is 11.4 Å². The minimum atomic E-state index is -1.19. The molecule has 18 heavy (non-hydrogen) atoms. The molecule has 0 aliphatic carbocycles. The van der Waals surface area contributed by atoms with Crippen LogP contribution in [0.15, 0.2) is 29.8 Å². The fourth-order valence-electron chi connectivity index (χ4n) is 1.50. The summed E-state index contributed by atoms with van der Waals surface area (Å²) in [7, 11) is 0. The Morgan fingerprint density at radius 1 is 1.56 bits per heavy atom. The molecule has 0 aliphatic rings. The van der Waals surface area contributed by atoms with Crippen molar-refractivity contribution in [2.45, 2.75) is 6.42 Å². The number of pyridine rings is 1. The minimum absolute atomic E-state index is 0.152. The summed E-state index contributed by atoms with van der Waals surface area (Å²) >= 11 is 1.63.